The van der Waals surface area contributed by atoms with Crippen LogP contribution < -0.4 is 0 Å². The Morgan fingerprint density at radius 3 is 0.636 bits per heavy atom. The molecule has 11 heavy (non-hydrogen) atoms. The minimum atomic E-state index is -4.64. The van der Waals surface area contributed by atoms with E-state index in [0.717, 1.165) is 0 Å². The molecule has 0 unspecified atom stereocenters. The Morgan fingerprint density at radius 1 is 0.636 bits per heavy atom. The molecule has 0 aromatic rings. The summed E-state index contributed by atoms with van der Waals surface area (Å²) in [5.74, 6) is 0. The predicted molar refractivity (Wildman–Crippen MR) is 39.9 cm³/mol. The molecule has 11 heteroatoms. The van der Waals surface area contributed by atoms with E-state index in [9.17, 15) is 0 Å². The zero-order chi connectivity index (χ0) is 9.00. The van der Waals surface area contributed by atoms with Gasteiger partial charge in [0.2, 0.25) is 0 Å². The van der Waals surface area contributed by atoms with Crippen LogP contribution in [0.15, 0.2) is 0 Å². The van der Waals surface area contributed by atoms with Crippen LogP contribution in [0.5, 0.6) is 0 Å². The third-order valence-corrected chi connectivity index (χ3v) is 0. The van der Waals surface area contributed by atoms with E-state index in [1.54, 1.807) is 0 Å². The minimum absolute atomic E-state index is 0. The second kappa shape index (κ2) is 6.30. The first kappa shape index (κ1) is 17.7. The first-order valence-electron chi connectivity index (χ1n) is 1.57. The number of hydrogen-bond acceptors (Lipinski definition) is 2. The molecule has 0 bridgehead atoms. The van der Waals surface area contributed by atoms with E-state index in [1.807, 2.05) is 0 Å². The fraction of sp³-hybridized carbons (Fsp3) is 0. The van der Waals surface area contributed by atoms with E-state index in [-0.39, 0.29) is 17.6 Å². The fourth-order valence-corrected chi connectivity index (χ4v) is 0. The summed E-state index contributed by atoms with van der Waals surface area (Å²) in [6.07, 6.45) is 0. The molecule has 0 atom stereocenters. The Morgan fingerprint density at radius 2 is 0.636 bits per heavy atom. The number of hydrogen-bond donors (Lipinski definition) is 6. The van der Waals surface area contributed by atoms with Gasteiger partial charge >= 0.3 is 33.2 Å². The van der Waals surface area contributed by atoms with E-state index in [1.165, 1.54) is 0 Å². The van der Waals surface area contributed by atoms with Crippen LogP contribution in [0.1, 0.15) is 0 Å². The van der Waals surface area contributed by atoms with E-state index in [2.05, 4.69) is 0 Å². The number of rotatable bonds is 0. The summed E-state index contributed by atoms with van der Waals surface area (Å²) in [4.78, 5) is 43.1. The van der Waals surface area contributed by atoms with E-state index in [0.29, 0.717) is 0 Å². The van der Waals surface area contributed by atoms with Gasteiger partial charge in [-0.1, -0.05) is 0 Å². The second-order valence-electron chi connectivity index (χ2n) is 1.03. The average Bonchev–Trinajstić information content (AvgIpc) is 1.12. The molecule has 0 fully saturated rings. The van der Waals surface area contributed by atoms with Crippen LogP contribution in [0.4, 0.5) is 0 Å². The molecule has 0 heterocycles. The average molecular weight is 273 g/mol. The van der Waals surface area contributed by atoms with Crippen molar-refractivity contribution >= 4 is 33.2 Å². The van der Waals surface area contributed by atoms with Gasteiger partial charge in [0.15, 0.2) is 0 Å². The summed E-state index contributed by atoms with van der Waals surface area (Å²) in [7, 11) is -9.28. The van der Waals surface area contributed by atoms with Gasteiger partial charge in [0, 0.05) is 0 Å². The van der Waals surface area contributed by atoms with Crippen LogP contribution in [-0.4, -0.2) is 47.0 Å². The third kappa shape index (κ3) is 1420. The van der Waals surface area contributed by atoms with Gasteiger partial charge in [-0.15, -0.1) is 0 Å². The molecule has 0 aliphatic carbocycles. The van der Waals surface area contributed by atoms with Crippen molar-refractivity contribution in [1.82, 2.24) is 0 Å². The summed E-state index contributed by atoms with van der Waals surface area (Å²) in [6.45, 7) is 0. The zero-order valence-electron chi connectivity index (χ0n) is 4.39. The fourth-order valence-electron chi connectivity index (χ4n) is 0. The van der Waals surface area contributed by atoms with Gasteiger partial charge < -0.3 is 29.4 Å². The number of phosphoric acid groups is 2. The molecule has 8 nitrogen and oxygen atoms in total. The SMILES string of the molecule is O=P(O)(O)O.O=P(O)(O)O.[GeH4]. The van der Waals surface area contributed by atoms with Crippen molar-refractivity contribution < 1.29 is 38.5 Å². The molecule has 0 saturated heterocycles. The zero-order valence-corrected chi connectivity index (χ0v) is 6.18. The van der Waals surface area contributed by atoms with E-state index < -0.39 is 15.6 Å². The van der Waals surface area contributed by atoms with Crippen molar-refractivity contribution in [3.05, 3.63) is 0 Å². The maximum absolute atomic E-state index is 8.88. The van der Waals surface area contributed by atoms with Crippen molar-refractivity contribution in [1.29, 1.82) is 0 Å². The Labute approximate surface area is 72.3 Å². The normalized spacial score (nSPS) is 10.7. The Balaban J connectivity index is -0.000000107. The molecule has 0 radical (unpaired) electrons. The molecular formula is H10GeO8P2. The Hall–Kier alpha value is 0.763. The molecule has 0 rings (SSSR count). The molecule has 72 valence electrons. The Bertz CT molecular complexity index is 124. The molecule has 0 aromatic heterocycles. The molecule has 0 aliphatic rings. The molecule has 0 aliphatic heterocycles. The van der Waals surface area contributed by atoms with Gasteiger partial charge in [-0.3, -0.25) is 0 Å². The van der Waals surface area contributed by atoms with Gasteiger partial charge in [0.05, 0.1) is 0 Å². The van der Waals surface area contributed by atoms with E-state index >= 15 is 0 Å². The van der Waals surface area contributed by atoms with Gasteiger partial charge in [0.25, 0.3) is 0 Å². The van der Waals surface area contributed by atoms with Gasteiger partial charge in [-0.05, 0) is 0 Å². The predicted octanol–water partition coefficient (Wildman–Crippen LogP) is -3.31. The quantitative estimate of drug-likeness (QED) is 0.198. The molecule has 0 aromatic carbocycles. The van der Waals surface area contributed by atoms with Crippen LogP contribution in [0.3, 0.4) is 0 Å². The van der Waals surface area contributed by atoms with Crippen molar-refractivity contribution in [2.45, 2.75) is 0 Å². The molecular weight excluding hydrogens is 263 g/mol. The van der Waals surface area contributed by atoms with Crippen molar-refractivity contribution in [3.63, 3.8) is 0 Å². The summed E-state index contributed by atoms with van der Waals surface area (Å²) >= 11 is 0. The van der Waals surface area contributed by atoms with Gasteiger partial charge in [0.1, 0.15) is 0 Å². The monoisotopic (exact) mass is 274 g/mol. The molecule has 0 amide bonds. The summed E-state index contributed by atoms with van der Waals surface area (Å²) in [5.41, 5.74) is 0. The maximum atomic E-state index is 8.88. The molecule has 0 saturated carbocycles. The summed E-state index contributed by atoms with van der Waals surface area (Å²) < 4.78 is 17.8. The summed E-state index contributed by atoms with van der Waals surface area (Å²) in [5, 5.41) is 0. The summed E-state index contributed by atoms with van der Waals surface area (Å²) in [6, 6.07) is 0. The van der Waals surface area contributed by atoms with Gasteiger partial charge in [-0.2, -0.15) is 0 Å². The van der Waals surface area contributed by atoms with Crippen molar-refractivity contribution in [2.24, 2.45) is 0 Å². The first-order chi connectivity index (χ1) is 4.00. The second-order valence-corrected chi connectivity index (χ2v) is 3.08. The molecule has 6 N–H and O–H groups in total. The van der Waals surface area contributed by atoms with Crippen LogP contribution in [0, 0.1) is 0 Å². The van der Waals surface area contributed by atoms with Crippen molar-refractivity contribution in [2.75, 3.05) is 0 Å². The topological polar surface area (TPSA) is 156 Å². The van der Waals surface area contributed by atoms with Crippen LogP contribution in [0.25, 0.3) is 0 Å². The standard InChI is InChI=1S/GeH4.2H3O4P/c;2*1-5(2,3)4/h1H4;2*(H3,1,2,3,4). The Kier molecular flexibility index (Phi) is 10.2. The molecule has 0 spiro atoms. The van der Waals surface area contributed by atoms with Crippen LogP contribution in [-0.2, 0) is 9.13 Å². The third-order valence-electron chi connectivity index (χ3n) is 0. The van der Waals surface area contributed by atoms with Crippen molar-refractivity contribution in [3.8, 4) is 0 Å². The van der Waals surface area contributed by atoms with Crippen LogP contribution in [0.2, 0.25) is 0 Å². The van der Waals surface area contributed by atoms with Gasteiger partial charge in [-0.25, -0.2) is 9.13 Å². The first-order valence-corrected chi connectivity index (χ1v) is 4.70. The van der Waals surface area contributed by atoms with E-state index in [4.69, 9.17) is 38.5 Å². The van der Waals surface area contributed by atoms with Crippen LogP contribution >= 0.6 is 15.6 Å².